The first-order chi connectivity index (χ1) is 30.2. The van der Waals surface area contributed by atoms with Crippen molar-refractivity contribution in [2.75, 3.05) is 0 Å². The molecule has 11 aromatic rings. The summed E-state index contributed by atoms with van der Waals surface area (Å²) in [5.74, 6) is 0.710. The molecule has 2 nitrogen and oxygen atoms in total. The second-order valence-electron chi connectivity index (χ2n) is 15.4. The van der Waals surface area contributed by atoms with Crippen LogP contribution in [0, 0.1) is 0 Å². The Morgan fingerprint density at radius 1 is 0.262 bits per heavy atom. The Hall–Kier alpha value is -7.72. The summed E-state index contributed by atoms with van der Waals surface area (Å²) in [5, 5.41) is 2.26. The molecule has 61 heavy (non-hydrogen) atoms. The van der Waals surface area contributed by atoms with E-state index in [2.05, 4.69) is 231 Å². The third-order valence-corrected chi connectivity index (χ3v) is 12.5. The standard InChI is InChI=1S/C58H38N2S/c1-5-17-39(18-6-1)47-33-48(40-19-7-2-8-20-40)36-51(35-47)45-27-15-25-43(31-45)44-26-16-28-46(32-44)57-59-56(55-53-29-13-14-30-54(53)61-58(55)60-57)52-37-49(41-21-9-3-10-22-41)34-50(38-52)42-23-11-4-12-24-42/h1-38H. The number of fused-ring (bicyclic) bond motifs is 3. The summed E-state index contributed by atoms with van der Waals surface area (Å²) in [6.45, 7) is 0. The van der Waals surface area contributed by atoms with E-state index < -0.39 is 0 Å². The van der Waals surface area contributed by atoms with E-state index in [4.69, 9.17) is 9.97 Å². The first-order valence-electron chi connectivity index (χ1n) is 20.6. The molecule has 0 unspecified atom stereocenters. The molecule has 9 aromatic carbocycles. The first kappa shape index (κ1) is 36.4. The Balaban J connectivity index is 1.04. The molecular formula is C58H38N2S. The summed E-state index contributed by atoms with van der Waals surface area (Å²) in [6, 6.07) is 82.5. The summed E-state index contributed by atoms with van der Waals surface area (Å²) in [6.07, 6.45) is 0. The molecule has 0 N–H and O–H groups in total. The summed E-state index contributed by atoms with van der Waals surface area (Å²) in [5.41, 5.74) is 17.0. The molecule has 0 fully saturated rings. The lowest BCUT2D eigenvalue weighted by Crippen LogP contribution is -1.95. The van der Waals surface area contributed by atoms with Gasteiger partial charge in [0.1, 0.15) is 4.83 Å². The number of benzene rings is 9. The number of aromatic nitrogens is 2. The maximum absolute atomic E-state index is 5.51. The fraction of sp³-hybridized carbons (Fsp3) is 0. The summed E-state index contributed by atoms with van der Waals surface area (Å²) in [7, 11) is 0. The van der Waals surface area contributed by atoms with Gasteiger partial charge in [-0.05, 0) is 121 Å². The van der Waals surface area contributed by atoms with E-state index in [9.17, 15) is 0 Å². The van der Waals surface area contributed by atoms with Gasteiger partial charge in [0.2, 0.25) is 0 Å². The van der Waals surface area contributed by atoms with E-state index in [1.165, 1.54) is 49.0 Å². The van der Waals surface area contributed by atoms with Crippen molar-refractivity contribution in [1.29, 1.82) is 0 Å². The average molecular weight is 795 g/mol. The lowest BCUT2D eigenvalue weighted by Gasteiger charge is -2.14. The molecule has 2 aromatic heterocycles. The van der Waals surface area contributed by atoms with Crippen LogP contribution in [-0.2, 0) is 0 Å². The van der Waals surface area contributed by atoms with Crippen molar-refractivity contribution in [3.8, 4) is 89.4 Å². The van der Waals surface area contributed by atoms with Crippen molar-refractivity contribution in [3.63, 3.8) is 0 Å². The van der Waals surface area contributed by atoms with Gasteiger partial charge in [-0.15, -0.1) is 11.3 Å². The van der Waals surface area contributed by atoms with Crippen molar-refractivity contribution in [2.45, 2.75) is 0 Å². The minimum atomic E-state index is 0.710. The highest BCUT2D eigenvalue weighted by Gasteiger charge is 2.19. The molecule has 2 heterocycles. The van der Waals surface area contributed by atoms with Crippen LogP contribution in [-0.4, -0.2) is 9.97 Å². The minimum Gasteiger partial charge on any atom is -0.227 e. The molecule has 11 rings (SSSR count). The van der Waals surface area contributed by atoms with E-state index in [1.807, 2.05) is 0 Å². The Morgan fingerprint density at radius 2 is 0.607 bits per heavy atom. The van der Waals surface area contributed by atoms with Gasteiger partial charge in [0.05, 0.1) is 5.69 Å². The Morgan fingerprint density at radius 3 is 1.10 bits per heavy atom. The Kier molecular flexibility index (Phi) is 9.42. The van der Waals surface area contributed by atoms with Gasteiger partial charge in [-0.3, -0.25) is 0 Å². The van der Waals surface area contributed by atoms with Gasteiger partial charge in [0.25, 0.3) is 0 Å². The van der Waals surface area contributed by atoms with Gasteiger partial charge >= 0.3 is 0 Å². The second-order valence-corrected chi connectivity index (χ2v) is 16.4. The number of hydrogen-bond acceptors (Lipinski definition) is 3. The minimum absolute atomic E-state index is 0.710. The second kappa shape index (κ2) is 15.8. The molecule has 0 radical (unpaired) electrons. The van der Waals surface area contributed by atoms with Crippen LogP contribution in [0.2, 0.25) is 0 Å². The molecule has 0 aliphatic carbocycles. The van der Waals surface area contributed by atoms with Crippen molar-refractivity contribution in [3.05, 3.63) is 231 Å². The van der Waals surface area contributed by atoms with Crippen LogP contribution in [0.5, 0.6) is 0 Å². The largest absolute Gasteiger partial charge is 0.227 e. The van der Waals surface area contributed by atoms with Crippen LogP contribution < -0.4 is 0 Å². The van der Waals surface area contributed by atoms with Crippen molar-refractivity contribution >= 4 is 31.6 Å². The quantitative estimate of drug-likeness (QED) is 0.153. The average Bonchev–Trinajstić information content (AvgIpc) is 3.73. The van der Waals surface area contributed by atoms with Gasteiger partial charge < -0.3 is 0 Å². The van der Waals surface area contributed by atoms with E-state index in [-0.39, 0.29) is 0 Å². The number of hydrogen-bond donors (Lipinski definition) is 0. The predicted molar refractivity (Wildman–Crippen MR) is 258 cm³/mol. The number of nitrogens with zero attached hydrogens (tertiary/aromatic N) is 2. The molecule has 0 aliphatic heterocycles. The summed E-state index contributed by atoms with van der Waals surface area (Å²) < 4.78 is 1.20. The fourth-order valence-corrected chi connectivity index (χ4v) is 9.50. The lowest BCUT2D eigenvalue weighted by atomic mass is 9.92. The summed E-state index contributed by atoms with van der Waals surface area (Å²) >= 11 is 1.73. The van der Waals surface area contributed by atoms with Crippen LogP contribution in [0.4, 0.5) is 0 Å². The van der Waals surface area contributed by atoms with Crippen LogP contribution >= 0.6 is 11.3 Å². The van der Waals surface area contributed by atoms with Crippen LogP contribution in [0.25, 0.3) is 110 Å². The van der Waals surface area contributed by atoms with Crippen LogP contribution in [0.3, 0.4) is 0 Å². The van der Waals surface area contributed by atoms with E-state index in [0.717, 1.165) is 54.9 Å². The van der Waals surface area contributed by atoms with Gasteiger partial charge in [0.15, 0.2) is 5.82 Å². The Labute approximate surface area is 359 Å². The zero-order valence-corrected chi connectivity index (χ0v) is 34.1. The van der Waals surface area contributed by atoms with E-state index in [1.54, 1.807) is 11.3 Å². The fourth-order valence-electron chi connectivity index (χ4n) is 8.42. The highest BCUT2D eigenvalue weighted by Crippen LogP contribution is 2.42. The molecule has 0 saturated heterocycles. The molecule has 0 bridgehead atoms. The molecule has 0 amide bonds. The van der Waals surface area contributed by atoms with Crippen molar-refractivity contribution in [1.82, 2.24) is 9.97 Å². The molecule has 3 heteroatoms. The monoisotopic (exact) mass is 794 g/mol. The van der Waals surface area contributed by atoms with Crippen molar-refractivity contribution in [2.24, 2.45) is 0 Å². The number of rotatable bonds is 8. The first-order valence-corrected chi connectivity index (χ1v) is 21.4. The maximum Gasteiger partial charge on any atom is 0.161 e. The normalized spacial score (nSPS) is 11.3. The van der Waals surface area contributed by atoms with Crippen LogP contribution in [0.1, 0.15) is 0 Å². The third kappa shape index (κ3) is 7.22. The van der Waals surface area contributed by atoms with Gasteiger partial charge in [-0.2, -0.15) is 0 Å². The molecule has 0 spiro atoms. The lowest BCUT2D eigenvalue weighted by molar-refractivity contribution is 1.24. The van der Waals surface area contributed by atoms with E-state index in [0.29, 0.717) is 5.82 Å². The molecule has 0 aliphatic rings. The zero-order valence-electron chi connectivity index (χ0n) is 33.2. The van der Waals surface area contributed by atoms with Gasteiger partial charge in [-0.25, -0.2) is 9.97 Å². The highest BCUT2D eigenvalue weighted by molar-refractivity contribution is 7.25. The molecule has 0 atom stereocenters. The number of thiophene rings is 1. The van der Waals surface area contributed by atoms with E-state index >= 15 is 0 Å². The molecule has 286 valence electrons. The maximum atomic E-state index is 5.51. The third-order valence-electron chi connectivity index (χ3n) is 11.5. The Bertz CT molecular complexity index is 3220. The molecule has 0 saturated carbocycles. The van der Waals surface area contributed by atoms with Gasteiger partial charge in [-0.1, -0.05) is 176 Å². The van der Waals surface area contributed by atoms with Crippen molar-refractivity contribution < 1.29 is 0 Å². The molecular weight excluding hydrogens is 757 g/mol. The topological polar surface area (TPSA) is 25.8 Å². The summed E-state index contributed by atoms with van der Waals surface area (Å²) in [4.78, 5) is 11.8. The SMILES string of the molecule is c1ccc(-c2cc(-c3ccccc3)cc(-c3cccc(-c4cccc(-c5nc(-c6cc(-c7ccccc7)cc(-c7ccccc7)c6)c6c(n5)sc5ccccc56)c4)c3)c2)cc1. The van der Waals surface area contributed by atoms with Gasteiger partial charge in [0, 0.05) is 26.6 Å². The smallest absolute Gasteiger partial charge is 0.161 e. The van der Waals surface area contributed by atoms with Crippen LogP contribution in [0.15, 0.2) is 231 Å². The zero-order chi connectivity index (χ0) is 40.5. The highest BCUT2D eigenvalue weighted by atomic mass is 32.1. The predicted octanol–water partition coefficient (Wildman–Crippen LogP) is 16.2.